The third-order valence-corrected chi connectivity index (χ3v) is 3.86. The van der Waals surface area contributed by atoms with Crippen LogP contribution < -0.4 is 10.9 Å². The minimum absolute atomic E-state index is 0.0462. The summed E-state index contributed by atoms with van der Waals surface area (Å²) < 4.78 is 23.7. The summed E-state index contributed by atoms with van der Waals surface area (Å²) in [5.41, 5.74) is 4.63. The third-order valence-electron chi connectivity index (χ3n) is 2.24. The van der Waals surface area contributed by atoms with Crippen LogP contribution in [0.3, 0.4) is 0 Å². The first kappa shape index (κ1) is 17.3. The number of carbonyl (C=O) groups is 1. The van der Waals surface area contributed by atoms with Gasteiger partial charge in [-0.25, -0.2) is 8.42 Å². The summed E-state index contributed by atoms with van der Waals surface area (Å²) in [6.45, 7) is 0. The molecule has 0 spiro atoms. The molecule has 0 aliphatic rings. The largest absolute Gasteiger partial charge is 0.411 e. The Kier molecular flexibility index (Phi) is 6.46. The number of thiocarbonyl (C=S) groups is 1. The zero-order valence-corrected chi connectivity index (χ0v) is 13.1. The van der Waals surface area contributed by atoms with Crippen LogP contribution in [0.1, 0.15) is 5.56 Å². The Morgan fingerprint density at radius 2 is 1.86 bits per heavy atom. The smallest absolute Gasteiger partial charge is 0.253 e. The molecule has 1 aromatic carbocycles. The van der Waals surface area contributed by atoms with Gasteiger partial charge in [-0.15, -0.1) is 0 Å². The lowest BCUT2D eigenvalue weighted by Gasteiger charge is -2.11. The molecule has 21 heavy (non-hydrogen) atoms. The fourth-order valence-corrected chi connectivity index (χ4v) is 2.73. The van der Waals surface area contributed by atoms with Gasteiger partial charge >= 0.3 is 0 Å². The molecule has 0 radical (unpaired) electrons. The minimum Gasteiger partial charge on any atom is -0.411 e. The van der Waals surface area contributed by atoms with E-state index in [0.29, 0.717) is 5.56 Å². The molecule has 0 aliphatic carbocycles. The minimum atomic E-state index is -3.81. The highest BCUT2D eigenvalue weighted by Crippen LogP contribution is 2.04. The van der Waals surface area contributed by atoms with E-state index in [0.717, 1.165) is 0 Å². The standard InChI is InChI=1S/C11H13N3O4S3/c15-10(12-13-11(19)20)7-21(17,18)6-9(14-16)8-4-2-1-3-5-8/h1-5,16H,6-7H2,(H,12,15)(H2,13,19,20)/p-1/b14-9-. The van der Waals surface area contributed by atoms with Crippen LogP contribution in [0, 0.1) is 0 Å². The number of benzene rings is 1. The van der Waals surface area contributed by atoms with Crippen LogP contribution in [0.5, 0.6) is 0 Å². The molecule has 10 heteroatoms. The van der Waals surface area contributed by atoms with Crippen molar-refractivity contribution in [2.45, 2.75) is 0 Å². The molecule has 0 heterocycles. The van der Waals surface area contributed by atoms with Gasteiger partial charge in [-0.3, -0.25) is 10.2 Å². The Bertz CT molecular complexity index is 644. The number of oxime groups is 1. The van der Waals surface area contributed by atoms with Crippen molar-refractivity contribution in [3.05, 3.63) is 35.9 Å². The summed E-state index contributed by atoms with van der Waals surface area (Å²) in [4.78, 5) is 11.4. The Hall–Kier alpha value is -1.78. The van der Waals surface area contributed by atoms with Gasteiger partial charge in [0.2, 0.25) is 0 Å². The summed E-state index contributed by atoms with van der Waals surface area (Å²) in [5, 5.41) is 11.9. The number of hydrogen-bond acceptors (Lipinski definition) is 7. The molecule has 0 unspecified atom stereocenters. The van der Waals surface area contributed by atoms with Gasteiger partial charge < -0.3 is 35.5 Å². The van der Waals surface area contributed by atoms with Crippen molar-refractivity contribution in [1.29, 1.82) is 0 Å². The second-order valence-electron chi connectivity index (χ2n) is 3.91. The van der Waals surface area contributed by atoms with Gasteiger partial charge in [0.05, 0.1) is 5.75 Å². The monoisotopic (exact) mass is 346 g/mol. The molecule has 0 aliphatic heterocycles. The van der Waals surface area contributed by atoms with E-state index in [4.69, 9.17) is 5.21 Å². The second-order valence-corrected chi connectivity index (χ2v) is 7.05. The van der Waals surface area contributed by atoms with Crippen LogP contribution >= 0.6 is 12.2 Å². The fraction of sp³-hybridized carbons (Fsp3) is 0.182. The summed E-state index contributed by atoms with van der Waals surface area (Å²) in [6.07, 6.45) is 0. The van der Waals surface area contributed by atoms with E-state index in [1.807, 2.05) is 0 Å². The van der Waals surface area contributed by atoms with Gasteiger partial charge in [-0.05, 0) is 4.32 Å². The molecule has 0 saturated heterocycles. The summed E-state index contributed by atoms with van der Waals surface area (Å²) in [7, 11) is -3.81. The van der Waals surface area contributed by atoms with Crippen molar-refractivity contribution in [3.8, 4) is 0 Å². The van der Waals surface area contributed by atoms with Crippen molar-refractivity contribution in [2.75, 3.05) is 11.5 Å². The molecule has 1 aromatic rings. The van der Waals surface area contributed by atoms with Crippen molar-refractivity contribution in [3.63, 3.8) is 0 Å². The third kappa shape index (κ3) is 6.47. The molecule has 0 bridgehead atoms. The predicted molar refractivity (Wildman–Crippen MR) is 84.7 cm³/mol. The SMILES string of the molecule is O=C(CS(=O)(=O)C/C(=N/O)c1ccccc1)NNC(=S)[S-]. The molecule has 3 N–H and O–H groups in total. The number of carbonyl (C=O) groups excluding carboxylic acids is 1. The maximum atomic E-state index is 11.9. The van der Waals surface area contributed by atoms with Gasteiger partial charge in [0.1, 0.15) is 11.5 Å². The first-order valence-electron chi connectivity index (χ1n) is 5.56. The van der Waals surface area contributed by atoms with Crippen LogP contribution in [0.25, 0.3) is 0 Å². The van der Waals surface area contributed by atoms with Crippen molar-refractivity contribution >= 4 is 50.6 Å². The normalized spacial score (nSPS) is 11.7. The molecule has 1 rings (SSSR count). The van der Waals surface area contributed by atoms with Crippen LogP contribution in [-0.2, 0) is 27.3 Å². The van der Waals surface area contributed by atoms with Crippen LogP contribution in [0.2, 0.25) is 0 Å². The molecule has 1 amide bonds. The fourth-order valence-electron chi connectivity index (χ4n) is 1.42. The zero-order valence-electron chi connectivity index (χ0n) is 10.6. The van der Waals surface area contributed by atoms with E-state index in [2.05, 4.69) is 40.9 Å². The molecule has 0 saturated carbocycles. The molecule has 0 aromatic heterocycles. The highest BCUT2D eigenvalue weighted by atomic mass is 32.2. The summed E-state index contributed by atoms with van der Waals surface area (Å²) >= 11 is 8.99. The molecule has 114 valence electrons. The molecular weight excluding hydrogens is 334 g/mol. The molecule has 7 nitrogen and oxygen atoms in total. The van der Waals surface area contributed by atoms with E-state index >= 15 is 0 Å². The lowest BCUT2D eigenvalue weighted by Crippen LogP contribution is -2.43. The zero-order chi connectivity index (χ0) is 15.9. The number of hydrogen-bond donors (Lipinski definition) is 3. The van der Waals surface area contributed by atoms with Crippen LogP contribution in [-0.4, -0.2) is 41.1 Å². The number of nitrogens with one attached hydrogen (secondary N) is 2. The summed E-state index contributed by atoms with van der Waals surface area (Å²) in [6, 6.07) is 8.29. The topological polar surface area (TPSA) is 108 Å². The number of sulfone groups is 1. The highest BCUT2D eigenvalue weighted by Gasteiger charge is 2.20. The van der Waals surface area contributed by atoms with Crippen molar-refractivity contribution in [2.24, 2.45) is 5.16 Å². The van der Waals surface area contributed by atoms with Crippen molar-refractivity contribution < 1.29 is 18.4 Å². The number of rotatable bonds is 5. The maximum absolute atomic E-state index is 11.9. The van der Waals surface area contributed by atoms with Gasteiger partial charge in [-0.2, -0.15) is 0 Å². The number of hydrazine groups is 1. The Labute approximate surface area is 132 Å². The first-order valence-corrected chi connectivity index (χ1v) is 8.20. The Morgan fingerprint density at radius 3 is 2.38 bits per heavy atom. The van der Waals surface area contributed by atoms with E-state index in [1.54, 1.807) is 30.3 Å². The van der Waals surface area contributed by atoms with Crippen LogP contribution in [0.15, 0.2) is 35.5 Å². The van der Waals surface area contributed by atoms with E-state index in [9.17, 15) is 13.2 Å². The number of nitrogens with zero attached hydrogens (tertiary/aromatic N) is 1. The Balaban J connectivity index is 2.71. The molecular formula is C11H12N3O4S3-. The summed E-state index contributed by atoms with van der Waals surface area (Å²) in [5.74, 6) is -2.17. The quantitative estimate of drug-likeness (QED) is 0.221. The lowest BCUT2D eigenvalue weighted by molar-refractivity contribution is -0.119. The van der Waals surface area contributed by atoms with Gasteiger partial charge in [0.25, 0.3) is 5.91 Å². The second kappa shape index (κ2) is 7.86. The number of amides is 1. The highest BCUT2D eigenvalue weighted by molar-refractivity contribution is 8.00. The van der Waals surface area contributed by atoms with E-state index < -0.39 is 27.3 Å². The molecule has 0 fully saturated rings. The predicted octanol–water partition coefficient (Wildman–Crippen LogP) is -0.268. The molecule has 0 atom stereocenters. The lowest BCUT2D eigenvalue weighted by atomic mass is 10.1. The maximum Gasteiger partial charge on any atom is 0.253 e. The average molecular weight is 346 g/mol. The van der Waals surface area contributed by atoms with Gasteiger partial charge in [0.15, 0.2) is 9.84 Å². The average Bonchev–Trinajstić information content (AvgIpc) is 2.43. The van der Waals surface area contributed by atoms with Crippen LogP contribution in [0.4, 0.5) is 0 Å². The Morgan fingerprint density at radius 1 is 1.24 bits per heavy atom. The van der Waals surface area contributed by atoms with Gasteiger partial charge in [-0.1, -0.05) is 35.5 Å². The first-order chi connectivity index (χ1) is 9.84. The van der Waals surface area contributed by atoms with Gasteiger partial charge in [0, 0.05) is 5.56 Å². The van der Waals surface area contributed by atoms with Crippen molar-refractivity contribution in [1.82, 2.24) is 10.9 Å². The van der Waals surface area contributed by atoms with E-state index in [1.165, 1.54) is 0 Å². The van der Waals surface area contributed by atoms with E-state index in [-0.39, 0.29) is 10.0 Å².